The lowest BCUT2D eigenvalue weighted by atomic mass is 10.1. The van der Waals surface area contributed by atoms with E-state index in [0.717, 1.165) is 5.56 Å². The second-order valence-corrected chi connectivity index (χ2v) is 8.36. The minimum atomic E-state index is -3.72. The van der Waals surface area contributed by atoms with Crippen molar-refractivity contribution in [1.29, 1.82) is 0 Å². The largest absolute Gasteiger partial charge is 0.346 e. The van der Waals surface area contributed by atoms with Crippen molar-refractivity contribution in [2.24, 2.45) is 0 Å². The fraction of sp³-hybridized carbons (Fsp3) is 0.0952. The van der Waals surface area contributed by atoms with Crippen molar-refractivity contribution in [2.75, 3.05) is 4.72 Å². The topological polar surface area (TPSA) is 75.3 Å². The van der Waals surface area contributed by atoms with Gasteiger partial charge in [0, 0.05) is 16.3 Å². The fourth-order valence-electron chi connectivity index (χ4n) is 2.65. The van der Waals surface area contributed by atoms with Gasteiger partial charge in [-0.05, 0) is 55.0 Å². The Labute approximate surface area is 169 Å². The van der Waals surface area contributed by atoms with Crippen molar-refractivity contribution in [3.8, 4) is 0 Å². The number of hydrogen-bond acceptors (Lipinski definition) is 3. The van der Waals surface area contributed by atoms with Crippen LogP contribution in [0, 0.1) is 0 Å². The Morgan fingerprint density at radius 3 is 2.29 bits per heavy atom. The second kappa shape index (κ2) is 8.46. The summed E-state index contributed by atoms with van der Waals surface area (Å²) in [5.74, 6) is -0.303. The molecule has 7 heteroatoms. The van der Waals surface area contributed by atoms with Crippen LogP contribution in [0.4, 0.5) is 5.69 Å². The summed E-state index contributed by atoms with van der Waals surface area (Å²) >= 11 is 5.89. The quantitative estimate of drug-likeness (QED) is 0.617. The molecule has 28 heavy (non-hydrogen) atoms. The molecule has 0 heterocycles. The molecule has 0 unspecified atom stereocenters. The van der Waals surface area contributed by atoms with E-state index in [2.05, 4.69) is 10.0 Å². The molecular formula is C21H19ClN2O3S. The fourth-order valence-corrected chi connectivity index (χ4v) is 3.85. The minimum absolute atomic E-state index is 0.154. The van der Waals surface area contributed by atoms with E-state index in [1.165, 1.54) is 18.2 Å². The Morgan fingerprint density at radius 1 is 0.929 bits per heavy atom. The number of rotatable bonds is 6. The first-order chi connectivity index (χ1) is 13.3. The maximum absolute atomic E-state index is 12.6. The van der Waals surface area contributed by atoms with Crippen LogP contribution >= 0.6 is 11.6 Å². The highest BCUT2D eigenvalue weighted by molar-refractivity contribution is 7.92. The van der Waals surface area contributed by atoms with Gasteiger partial charge in [0.15, 0.2) is 0 Å². The molecule has 0 fully saturated rings. The number of nitrogens with one attached hydrogen (secondary N) is 2. The predicted octanol–water partition coefficient (Wildman–Crippen LogP) is 4.63. The lowest BCUT2D eigenvalue weighted by molar-refractivity contribution is 0.0940. The first-order valence-corrected chi connectivity index (χ1v) is 10.5. The summed E-state index contributed by atoms with van der Waals surface area (Å²) in [5, 5.41) is 3.52. The van der Waals surface area contributed by atoms with Crippen LogP contribution in [0.25, 0.3) is 0 Å². The summed E-state index contributed by atoms with van der Waals surface area (Å²) < 4.78 is 27.4. The number of anilines is 1. The Hall–Kier alpha value is -2.83. The lowest BCUT2D eigenvalue weighted by Crippen LogP contribution is -2.26. The summed E-state index contributed by atoms with van der Waals surface area (Å²) in [7, 11) is -3.72. The van der Waals surface area contributed by atoms with Gasteiger partial charge in [0.2, 0.25) is 0 Å². The zero-order valence-corrected chi connectivity index (χ0v) is 16.7. The van der Waals surface area contributed by atoms with Gasteiger partial charge in [-0.15, -0.1) is 0 Å². The maximum atomic E-state index is 12.6. The highest BCUT2D eigenvalue weighted by Crippen LogP contribution is 2.19. The van der Waals surface area contributed by atoms with Crippen LogP contribution in [0.15, 0.2) is 83.8 Å². The van der Waals surface area contributed by atoms with Gasteiger partial charge in [-0.25, -0.2) is 8.42 Å². The zero-order valence-electron chi connectivity index (χ0n) is 15.1. The van der Waals surface area contributed by atoms with Crippen LogP contribution in [-0.2, 0) is 10.0 Å². The van der Waals surface area contributed by atoms with Crippen LogP contribution in [0.1, 0.15) is 28.9 Å². The van der Waals surface area contributed by atoms with Crippen molar-refractivity contribution in [2.45, 2.75) is 17.9 Å². The number of carbonyl (C=O) groups is 1. The molecule has 1 atom stereocenters. The first kappa shape index (κ1) is 19.9. The van der Waals surface area contributed by atoms with E-state index in [0.29, 0.717) is 16.3 Å². The molecule has 3 aromatic carbocycles. The molecule has 1 amide bonds. The number of benzene rings is 3. The average molecular weight is 415 g/mol. The molecule has 2 N–H and O–H groups in total. The Balaban J connectivity index is 1.73. The van der Waals surface area contributed by atoms with Crippen molar-refractivity contribution < 1.29 is 13.2 Å². The third-order valence-electron chi connectivity index (χ3n) is 4.15. The number of halogens is 1. The molecular weight excluding hydrogens is 396 g/mol. The highest BCUT2D eigenvalue weighted by atomic mass is 35.5. The smallest absolute Gasteiger partial charge is 0.261 e. The molecule has 0 spiro atoms. The van der Waals surface area contributed by atoms with E-state index in [-0.39, 0.29) is 16.8 Å². The van der Waals surface area contributed by atoms with Gasteiger partial charge in [-0.2, -0.15) is 0 Å². The van der Waals surface area contributed by atoms with Gasteiger partial charge in [-0.1, -0.05) is 48.0 Å². The van der Waals surface area contributed by atoms with Crippen molar-refractivity contribution in [3.05, 3.63) is 95.0 Å². The second-order valence-electron chi connectivity index (χ2n) is 6.25. The summed E-state index contributed by atoms with van der Waals surface area (Å²) in [6.45, 7) is 1.86. The molecule has 0 aromatic heterocycles. The number of sulfonamides is 1. The van der Waals surface area contributed by atoms with Crippen molar-refractivity contribution in [3.63, 3.8) is 0 Å². The summed E-state index contributed by atoms with van der Waals surface area (Å²) in [6, 6.07) is 21.4. The monoisotopic (exact) mass is 414 g/mol. The van der Waals surface area contributed by atoms with Crippen molar-refractivity contribution >= 4 is 33.2 Å². The van der Waals surface area contributed by atoms with Crippen LogP contribution in [-0.4, -0.2) is 14.3 Å². The van der Waals surface area contributed by atoms with Gasteiger partial charge in [0.1, 0.15) is 0 Å². The Bertz CT molecular complexity index is 1070. The van der Waals surface area contributed by atoms with Crippen LogP contribution in [0.2, 0.25) is 5.02 Å². The lowest BCUT2D eigenvalue weighted by Gasteiger charge is -2.15. The molecule has 3 aromatic rings. The molecule has 0 radical (unpaired) electrons. The molecule has 144 valence electrons. The zero-order chi connectivity index (χ0) is 20.1. The number of hydrogen-bond donors (Lipinski definition) is 2. The SMILES string of the molecule is C[C@@H](NC(=O)c1cccc(NS(=O)(=O)c2ccccc2)c1)c1ccc(Cl)cc1. The van der Waals surface area contributed by atoms with Gasteiger partial charge in [0.05, 0.1) is 10.9 Å². The summed E-state index contributed by atoms with van der Waals surface area (Å²) in [6.07, 6.45) is 0. The molecule has 0 aliphatic rings. The standard InChI is InChI=1S/C21H19ClN2O3S/c1-15(16-10-12-18(22)13-11-16)23-21(25)17-6-5-7-19(14-17)24-28(26,27)20-8-3-2-4-9-20/h2-15,24H,1H3,(H,23,25)/t15-/m1/s1. The van der Waals surface area contributed by atoms with E-state index < -0.39 is 10.0 Å². The Kier molecular flexibility index (Phi) is 6.02. The highest BCUT2D eigenvalue weighted by Gasteiger charge is 2.16. The summed E-state index contributed by atoms with van der Waals surface area (Å²) in [5.41, 5.74) is 1.59. The molecule has 3 rings (SSSR count). The molecule has 5 nitrogen and oxygen atoms in total. The molecule has 0 bridgehead atoms. The first-order valence-electron chi connectivity index (χ1n) is 8.59. The average Bonchev–Trinajstić information content (AvgIpc) is 2.69. The normalized spacial score (nSPS) is 12.2. The van der Waals surface area contributed by atoms with Crippen molar-refractivity contribution in [1.82, 2.24) is 5.32 Å². The van der Waals surface area contributed by atoms with E-state index in [9.17, 15) is 13.2 Å². The molecule has 0 aliphatic heterocycles. The molecule has 0 aliphatic carbocycles. The molecule has 0 saturated carbocycles. The van der Waals surface area contributed by atoms with Crippen LogP contribution < -0.4 is 10.0 Å². The maximum Gasteiger partial charge on any atom is 0.261 e. The summed E-state index contributed by atoms with van der Waals surface area (Å²) in [4.78, 5) is 12.7. The van der Waals surface area contributed by atoms with Gasteiger partial charge >= 0.3 is 0 Å². The third-order valence-corrected chi connectivity index (χ3v) is 5.80. The number of amides is 1. The predicted molar refractivity (Wildman–Crippen MR) is 111 cm³/mol. The Morgan fingerprint density at radius 2 is 1.61 bits per heavy atom. The molecule has 0 saturated heterocycles. The van der Waals surface area contributed by atoms with E-state index in [4.69, 9.17) is 11.6 Å². The number of carbonyl (C=O) groups excluding carboxylic acids is 1. The van der Waals surface area contributed by atoms with Gasteiger partial charge in [0.25, 0.3) is 15.9 Å². The van der Waals surface area contributed by atoms with Crippen LogP contribution in [0.3, 0.4) is 0 Å². The van der Waals surface area contributed by atoms with E-state index in [1.807, 2.05) is 19.1 Å². The van der Waals surface area contributed by atoms with E-state index >= 15 is 0 Å². The van der Waals surface area contributed by atoms with Gasteiger partial charge in [-0.3, -0.25) is 9.52 Å². The minimum Gasteiger partial charge on any atom is -0.346 e. The third kappa shape index (κ3) is 4.91. The van der Waals surface area contributed by atoms with Gasteiger partial charge < -0.3 is 5.32 Å². The van der Waals surface area contributed by atoms with Crippen LogP contribution in [0.5, 0.6) is 0 Å². The van der Waals surface area contributed by atoms with E-state index in [1.54, 1.807) is 48.5 Å².